The molecule has 0 fully saturated rings. The molecule has 0 saturated carbocycles. The zero-order valence-electron chi connectivity index (χ0n) is 12.5. The fourth-order valence-electron chi connectivity index (χ4n) is 2.10. The van der Waals surface area contributed by atoms with Crippen LogP contribution in [-0.4, -0.2) is 21.2 Å². The van der Waals surface area contributed by atoms with Crippen molar-refractivity contribution in [1.29, 1.82) is 0 Å². The molecule has 2 rings (SSSR count). The lowest BCUT2D eigenvalue weighted by Gasteiger charge is -2.21. The summed E-state index contributed by atoms with van der Waals surface area (Å²) in [5, 5.41) is 16.2. The molecule has 1 aromatic heterocycles. The third-order valence-corrected chi connectivity index (χ3v) is 3.23. The highest BCUT2D eigenvalue weighted by atomic mass is 16.5. The van der Waals surface area contributed by atoms with Gasteiger partial charge in [0.2, 0.25) is 11.8 Å². The highest BCUT2D eigenvalue weighted by Crippen LogP contribution is 2.27. The van der Waals surface area contributed by atoms with Crippen LogP contribution in [0, 0.1) is 0 Å². The number of rotatable bonds is 4. The molecule has 1 atom stereocenters. The maximum Gasteiger partial charge on any atom is 0.233 e. The molecule has 6 heteroatoms. The SMILES string of the molecule is CC(=O)NC(C)(C)c1noc(C(C)c2cccc(O)c2)n1. The van der Waals surface area contributed by atoms with E-state index in [9.17, 15) is 9.90 Å². The largest absolute Gasteiger partial charge is 0.508 e. The smallest absolute Gasteiger partial charge is 0.233 e. The molecule has 6 nitrogen and oxygen atoms in total. The third-order valence-electron chi connectivity index (χ3n) is 3.23. The minimum atomic E-state index is -0.702. The number of phenolic OH excluding ortho intramolecular Hbond substituents is 1. The molecule has 0 saturated heterocycles. The third kappa shape index (κ3) is 3.39. The van der Waals surface area contributed by atoms with Crippen molar-refractivity contribution in [3.63, 3.8) is 0 Å². The van der Waals surface area contributed by atoms with E-state index >= 15 is 0 Å². The van der Waals surface area contributed by atoms with Crippen molar-refractivity contribution in [2.45, 2.75) is 39.2 Å². The van der Waals surface area contributed by atoms with Gasteiger partial charge in [0.1, 0.15) is 5.75 Å². The van der Waals surface area contributed by atoms with Crippen LogP contribution >= 0.6 is 0 Å². The molecule has 1 unspecified atom stereocenters. The molecule has 0 radical (unpaired) electrons. The summed E-state index contributed by atoms with van der Waals surface area (Å²) in [6.45, 7) is 6.97. The number of carbonyl (C=O) groups is 1. The summed E-state index contributed by atoms with van der Waals surface area (Å²) in [4.78, 5) is 15.6. The van der Waals surface area contributed by atoms with E-state index in [0.29, 0.717) is 11.7 Å². The van der Waals surface area contributed by atoms with Crippen molar-refractivity contribution in [3.05, 3.63) is 41.5 Å². The van der Waals surface area contributed by atoms with Crippen LogP contribution in [0.15, 0.2) is 28.8 Å². The van der Waals surface area contributed by atoms with Gasteiger partial charge in [-0.15, -0.1) is 0 Å². The van der Waals surface area contributed by atoms with Crippen LogP contribution in [0.25, 0.3) is 0 Å². The van der Waals surface area contributed by atoms with E-state index < -0.39 is 5.54 Å². The van der Waals surface area contributed by atoms with Gasteiger partial charge < -0.3 is 14.9 Å². The number of hydrogen-bond acceptors (Lipinski definition) is 5. The minimum Gasteiger partial charge on any atom is -0.508 e. The Morgan fingerprint density at radius 3 is 2.76 bits per heavy atom. The summed E-state index contributed by atoms with van der Waals surface area (Å²) in [6, 6.07) is 6.91. The van der Waals surface area contributed by atoms with Crippen molar-refractivity contribution < 1.29 is 14.4 Å². The van der Waals surface area contributed by atoms with Gasteiger partial charge in [0, 0.05) is 6.92 Å². The second-order valence-electron chi connectivity index (χ2n) is 5.58. The van der Waals surface area contributed by atoms with Crippen LogP contribution in [0.3, 0.4) is 0 Å². The van der Waals surface area contributed by atoms with E-state index in [2.05, 4.69) is 15.5 Å². The van der Waals surface area contributed by atoms with Gasteiger partial charge in [-0.25, -0.2) is 0 Å². The first-order chi connectivity index (χ1) is 9.79. The second-order valence-corrected chi connectivity index (χ2v) is 5.58. The number of nitrogens with one attached hydrogen (secondary N) is 1. The van der Waals surface area contributed by atoms with Gasteiger partial charge in [0.25, 0.3) is 0 Å². The van der Waals surface area contributed by atoms with Gasteiger partial charge in [0.15, 0.2) is 5.82 Å². The van der Waals surface area contributed by atoms with Crippen molar-refractivity contribution in [1.82, 2.24) is 15.5 Å². The highest BCUT2D eigenvalue weighted by Gasteiger charge is 2.29. The maximum absolute atomic E-state index is 11.2. The predicted octanol–water partition coefficient (Wildman–Crippen LogP) is 2.30. The standard InChI is InChI=1S/C15H19N3O3/c1-9(11-6-5-7-12(20)8-11)13-16-14(18-21-13)15(3,4)17-10(2)19/h5-9,20H,1-4H3,(H,17,19). The van der Waals surface area contributed by atoms with E-state index in [4.69, 9.17) is 4.52 Å². The van der Waals surface area contributed by atoms with Crippen molar-refractivity contribution in [2.24, 2.45) is 0 Å². The van der Waals surface area contributed by atoms with E-state index in [1.165, 1.54) is 6.92 Å². The Morgan fingerprint density at radius 2 is 2.14 bits per heavy atom. The van der Waals surface area contributed by atoms with Crippen molar-refractivity contribution in [2.75, 3.05) is 0 Å². The second kappa shape index (κ2) is 5.55. The number of aromatic nitrogens is 2. The number of phenols is 1. The molecular weight excluding hydrogens is 270 g/mol. The first-order valence-electron chi connectivity index (χ1n) is 6.71. The minimum absolute atomic E-state index is 0.147. The average Bonchev–Trinajstić information content (AvgIpc) is 2.86. The number of amides is 1. The fraction of sp³-hybridized carbons (Fsp3) is 0.400. The average molecular weight is 289 g/mol. The highest BCUT2D eigenvalue weighted by molar-refractivity contribution is 5.73. The Hall–Kier alpha value is -2.37. The molecule has 0 spiro atoms. The van der Waals surface area contributed by atoms with Gasteiger partial charge in [-0.05, 0) is 38.5 Å². The number of benzene rings is 1. The molecular formula is C15H19N3O3. The summed E-state index contributed by atoms with van der Waals surface area (Å²) in [7, 11) is 0. The van der Waals surface area contributed by atoms with E-state index in [-0.39, 0.29) is 17.6 Å². The van der Waals surface area contributed by atoms with Crippen molar-refractivity contribution in [3.8, 4) is 5.75 Å². The number of hydrogen-bond donors (Lipinski definition) is 2. The lowest BCUT2D eigenvalue weighted by molar-refractivity contribution is -0.120. The first kappa shape index (κ1) is 15.0. The van der Waals surface area contributed by atoms with E-state index in [0.717, 1.165) is 5.56 Å². The molecule has 0 aliphatic carbocycles. The Labute approximate surface area is 123 Å². The van der Waals surface area contributed by atoms with Gasteiger partial charge in [-0.2, -0.15) is 4.98 Å². The Kier molecular flexibility index (Phi) is 3.97. The molecule has 2 aromatic rings. The molecule has 1 aromatic carbocycles. The summed E-state index contributed by atoms with van der Waals surface area (Å²) in [5.74, 6) is 0.741. The van der Waals surface area contributed by atoms with E-state index in [1.54, 1.807) is 18.2 Å². The Morgan fingerprint density at radius 1 is 1.43 bits per heavy atom. The first-order valence-corrected chi connectivity index (χ1v) is 6.71. The normalized spacial score (nSPS) is 13.0. The van der Waals surface area contributed by atoms with Crippen molar-refractivity contribution >= 4 is 5.91 Å². The molecule has 2 N–H and O–H groups in total. The molecule has 112 valence electrons. The number of carbonyl (C=O) groups excluding carboxylic acids is 1. The predicted molar refractivity (Wildman–Crippen MR) is 76.8 cm³/mol. The zero-order chi connectivity index (χ0) is 15.6. The van der Waals surface area contributed by atoms with Crippen LogP contribution in [0.1, 0.15) is 50.9 Å². The van der Waals surface area contributed by atoms with Gasteiger partial charge in [-0.1, -0.05) is 17.3 Å². The van der Waals surface area contributed by atoms with Gasteiger partial charge in [-0.3, -0.25) is 4.79 Å². The van der Waals surface area contributed by atoms with Gasteiger partial charge in [0.05, 0.1) is 11.5 Å². The van der Waals surface area contributed by atoms with Crippen LogP contribution < -0.4 is 5.32 Å². The lowest BCUT2D eigenvalue weighted by atomic mass is 10.0. The van der Waals surface area contributed by atoms with Crippen LogP contribution in [0.2, 0.25) is 0 Å². The Balaban J connectivity index is 2.25. The summed E-state index contributed by atoms with van der Waals surface area (Å²) in [5.41, 5.74) is 0.175. The molecule has 1 heterocycles. The molecule has 0 aliphatic heterocycles. The van der Waals surface area contributed by atoms with Gasteiger partial charge >= 0.3 is 0 Å². The fourth-order valence-corrected chi connectivity index (χ4v) is 2.10. The number of aromatic hydroxyl groups is 1. The summed E-state index contributed by atoms with van der Waals surface area (Å²) >= 11 is 0. The Bertz CT molecular complexity index is 649. The number of nitrogens with zero attached hydrogens (tertiary/aromatic N) is 2. The molecule has 0 aliphatic rings. The molecule has 1 amide bonds. The monoisotopic (exact) mass is 289 g/mol. The van der Waals surface area contributed by atoms with Crippen LogP contribution in [0.5, 0.6) is 5.75 Å². The molecule has 21 heavy (non-hydrogen) atoms. The quantitative estimate of drug-likeness (QED) is 0.901. The maximum atomic E-state index is 11.2. The van der Waals surface area contributed by atoms with E-state index in [1.807, 2.05) is 26.8 Å². The summed E-state index contributed by atoms with van der Waals surface area (Å²) in [6.07, 6.45) is 0. The van der Waals surface area contributed by atoms with Crippen LogP contribution in [0.4, 0.5) is 0 Å². The van der Waals surface area contributed by atoms with Crippen LogP contribution in [-0.2, 0) is 10.3 Å². The zero-order valence-corrected chi connectivity index (χ0v) is 12.5. The molecule has 0 bridgehead atoms. The summed E-state index contributed by atoms with van der Waals surface area (Å²) < 4.78 is 5.29. The topological polar surface area (TPSA) is 88.2 Å². The lowest BCUT2D eigenvalue weighted by Crippen LogP contribution is -2.40.